The number of ether oxygens (including phenoxy) is 1. The minimum Gasteiger partial charge on any atom is -0.380 e. The van der Waals surface area contributed by atoms with Gasteiger partial charge in [-0.15, -0.1) is 23.4 Å². The number of nitrogens with one attached hydrogen (secondary N) is 5. The fourth-order valence-electron chi connectivity index (χ4n) is 7.43. The molecule has 0 spiro atoms. The number of hydrogen-bond acceptors (Lipinski definition) is 9. The van der Waals surface area contributed by atoms with Gasteiger partial charge in [-0.05, 0) is 50.9 Å². The first-order valence-corrected chi connectivity index (χ1v) is 15.9. The average molecular weight is 582 g/mol. The van der Waals surface area contributed by atoms with Crippen LogP contribution in [-0.4, -0.2) is 96.5 Å². The summed E-state index contributed by atoms with van der Waals surface area (Å²) >= 11 is 8.19. The first kappa shape index (κ1) is 29.4. The van der Waals surface area contributed by atoms with Crippen LogP contribution in [0.5, 0.6) is 0 Å². The van der Waals surface area contributed by atoms with Crippen LogP contribution >= 0.6 is 23.4 Å². The smallest absolute Gasteiger partial charge is 0.240 e. The van der Waals surface area contributed by atoms with Crippen molar-refractivity contribution in [1.82, 2.24) is 31.5 Å². The summed E-state index contributed by atoms with van der Waals surface area (Å²) in [7, 11) is 1.74. The maximum Gasteiger partial charge on any atom is 0.240 e. The average Bonchev–Trinajstić information content (AvgIpc) is 3.48. The van der Waals surface area contributed by atoms with Gasteiger partial charge in [0.25, 0.3) is 0 Å². The molecular formula is C27H44ClN7O3S. The number of alkyl halides is 1. The number of methoxy groups -OCH3 is 1. The van der Waals surface area contributed by atoms with E-state index in [1.165, 1.54) is 0 Å². The van der Waals surface area contributed by atoms with Crippen LogP contribution in [0.15, 0.2) is 0 Å². The molecule has 5 N–H and O–H groups in total. The molecule has 12 heteroatoms. The lowest BCUT2D eigenvalue weighted by Crippen LogP contribution is -2.58. The normalized spacial score (nSPS) is 46.4. The van der Waals surface area contributed by atoms with Crippen LogP contribution in [-0.2, 0) is 14.3 Å². The van der Waals surface area contributed by atoms with Crippen LogP contribution in [0.4, 0.5) is 0 Å². The van der Waals surface area contributed by atoms with E-state index in [1.807, 2.05) is 11.8 Å². The van der Waals surface area contributed by atoms with Crippen molar-refractivity contribution in [3.8, 4) is 6.07 Å². The number of rotatable bonds is 5. The van der Waals surface area contributed by atoms with Crippen LogP contribution in [0.25, 0.3) is 0 Å². The molecule has 0 aromatic heterocycles. The molecule has 0 bridgehead atoms. The molecule has 5 saturated heterocycles. The molecule has 0 aromatic carbocycles. The van der Waals surface area contributed by atoms with E-state index in [2.05, 4.69) is 46.5 Å². The van der Waals surface area contributed by atoms with Crippen LogP contribution in [0.1, 0.15) is 40.0 Å². The van der Waals surface area contributed by atoms with Crippen LogP contribution in [0.3, 0.4) is 0 Å². The zero-order chi connectivity index (χ0) is 27.8. The van der Waals surface area contributed by atoms with Gasteiger partial charge >= 0.3 is 0 Å². The van der Waals surface area contributed by atoms with Gasteiger partial charge in [0, 0.05) is 56.7 Å². The number of halogens is 1. The lowest BCUT2D eigenvalue weighted by molar-refractivity contribution is -0.135. The molecule has 5 aliphatic heterocycles. The van der Waals surface area contributed by atoms with Crippen molar-refractivity contribution < 1.29 is 14.3 Å². The van der Waals surface area contributed by atoms with E-state index in [-0.39, 0.29) is 81.9 Å². The van der Waals surface area contributed by atoms with Gasteiger partial charge in [-0.2, -0.15) is 5.26 Å². The summed E-state index contributed by atoms with van der Waals surface area (Å²) in [6.45, 7) is 8.88. The zero-order valence-corrected chi connectivity index (χ0v) is 24.9. The number of likely N-dealkylation sites (tertiary alicyclic amines) is 1. The molecule has 10 nitrogen and oxygen atoms in total. The molecule has 0 aromatic rings. The Balaban J connectivity index is 1.16. The third-order valence-electron chi connectivity index (χ3n) is 9.72. The molecule has 218 valence electrons. The first-order chi connectivity index (χ1) is 18.7. The Hall–Kier alpha value is -1.13. The minimum absolute atomic E-state index is 0.00907. The second-order valence-corrected chi connectivity index (χ2v) is 14.2. The van der Waals surface area contributed by atoms with Gasteiger partial charge in [-0.1, -0.05) is 6.92 Å². The van der Waals surface area contributed by atoms with Gasteiger partial charge in [-0.3, -0.25) is 20.2 Å². The van der Waals surface area contributed by atoms with E-state index in [0.29, 0.717) is 32.2 Å². The third kappa shape index (κ3) is 6.22. The number of nitrogens with zero attached hydrogens (tertiary/aromatic N) is 2. The molecule has 5 aliphatic rings. The maximum absolute atomic E-state index is 13.6. The molecule has 0 radical (unpaired) electrons. The largest absolute Gasteiger partial charge is 0.380 e. The van der Waals surface area contributed by atoms with Crippen LogP contribution in [0, 0.1) is 40.9 Å². The Labute approximate surface area is 241 Å². The fraction of sp³-hybridized carbons (Fsp3) is 0.889. The fourth-order valence-corrected chi connectivity index (χ4v) is 9.13. The third-order valence-corrected chi connectivity index (χ3v) is 11.4. The Kier molecular flexibility index (Phi) is 9.33. The van der Waals surface area contributed by atoms with Gasteiger partial charge in [-0.25, -0.2) is 0 Å². The van der Waals surface area contributed by atoms with Crippen molar-refractivity contribution in [3.63, 3.8) is 0 Å². The summed E-state index contributed by atoms with van der Waals surface area (Å²) in [6.07, 6.45) is 2.49. The summed E-state index contributed by atoms with van der Waals surface area (Å²) in [4.78, 5) is 28.9. The summed E-state index contributed by atoms with van der Waals surface area (Å²) in [5.74, 6) is 0.532. The summed E-state index contributed by atoms with van der Waals surface area (Å²) in [5.41, 5.74) is -0.268. The number of amides is 2. The van der Waals surface area contributed by atoms with Crippen molar-refractivity contribution in [3.05, 3.63) is 0 Å². The highest BCUT2D eigenvalue weighted by molar-refractivity contribution is 8.00. The summed E-state index contributed by atoms with van der Waals surface area (Å²) in [6, 6.07) is 2.62. The number of piperidine rings is 3. The van der Waals surface area contributed by atoms with Crippen molar-refractivity contribution in [2.75, 3.05) is 33.3 Å². The number of fused-ring (bicyclic) bond motifs is 1. The van der Waals surface area contributed by atoms with E-state index in [0.717, 1.165) is 19.3 Å². The standard InChI is InChI=1S/C27H44ClN7O3S/c1-13-5-16(8-29)15(3)32-24(13)26(37)35-11-20-22(12-35)39-27(33-20)34-25(36)19-9-30-14(2)6-17(19)18-7-23(28)31-10-21(18)38-4/h13-24,27,30-33H,5-7,9-12H2,1-4H3,(H,34,36). The predicted molar refractivity (Wildman–Crippen MR) is 152 cm³/mol. The van der Waals surface area contributed by atoms with E-state index in [4.69, 9.17) is 16.3 Å². The quantitative estimate of drug-likeness (QED) is 0.234. The van der Waals surface area contributed by atoms with Crippen molar-refractivity contribution in [2.45, 2.75) is 86.6 Å². The van der Waals surface area contributed by atoms with Gasteiger partial charge in [0.05, 0.1) is 35.6 Å². The molecule has 13 atom stereocenters. The van der Waals surface area contributed by atoms with Gasteiger partial charge in [0.2, 0.25) is 11.8 Å². The van der Waals surface area contributed by atoms with Crippen LogP contribution < -0.4 is 26.6 Å². The molecule has 39 heavy (non-hydrogen) atoms. The van der Waals surface area contributed by atoms with Gasteiger partial charge < -0.3 is 25.6 Å². The topological polar surface area (TPSA) is 131 Å². The van der Waals surface area contributed by atoms with E-state index >= 15 is 0 Å². The van der Waals surface area contributed by atoms with E-state index in [1.54, 1.807) is 18.9 Å². The number of thioether (sulfide) groups is 1. The molecular weight excluding hydrogens is 538 g/mol. The SMILES string of the molecule is COC1CNC(Cl)CC1C1CC(C)NCC1C(=O)NC1NC2CN(C(=O)C3NC(C)C(C#N)CC3C)CC2S1. The van der Waals surface area contributed by atoms with Crippen molar-refractivity contribution >= 4 is 35.2 Å². The minimum atomic E-state index is -0.249. The maximum atomic E-state index is 13.6. The molecule has 0 saturated carbocycles. The lowest BCUT2D eigenvalue weighted by atomic mass is 9.70. The molecule has 5 rings (SSSR count). The number of carbonyl (C=O) groups is 2. The molecule has 2 amide bonds. The van der Waals surface area contributed by atoms with E-state index < -0.39 is 0 Å². The Bertz CT molecular complexity index is 941. The highest BCUT2D eigenvalue weighted by Gasteiger charge is 2.48. The molecule has 0 aliphatic carbocycles. The Morgan fingerprint density at radius 1 is 1.08 bits per heavy atom. The molecule has 5 heterocycles. The highest BCUT2D eigenvalue weighted by atomic mass is 35.5. The van der Waals surface area contributed by atoms with Crippen molar-refractivity contribution in [1.29, 1.82) is 5.26 Å². The summed E-state index contributed by atoms with van der Waals surface area (Å²) < 4.78 is 5.81. The zero-order valence-electron chi connectivity index (χ0n) is 23.4. The second kappa shape index (κ2) is 12.4. The van der Waals surface area contributed by atoms with Gasteiger partial charge in [0.15, 0.2) is 0 Å². The molecule has 13 unspecified atom stereocenters. The Morgan fingerprint density at radius 2 is 1.87 bits per heavy atom. The van der Waals surface area contributed by atoms with E-state index in [9.17, 15) is 14.9 Å². The predicted octanol–water partition coefficient (Wildman–Crippen LogP) is 0.632. The number of carbonyl (C=O) groups excluding carboxylic acids is 2. The second-order valence-electron chi connectivity index (χ2n) is 12.3. The first-order valence-electron chi connectivity index (χ1n) is 14.5. The highest BCUT2D eigenvalue weighted by Crippen LogP contribution is 2.39. The van der Waals surface area contributed by atoms with Gasteiger partial charge in [0.1, 0.15) is 5.50 Å². The number of nitriles is 1. The Morgan fingerprint density at radius 3 is 2.59 bits per heavy atom. The lowest BCUT2D eigenvalue weighted by Gasteiger charge is -2.45. The molecule has 5 fully saturated rings. The number of hydrogen-bond donors (Lipinski definition) is 5. The van der Waals surface area contributed by atoms with Crippen molar-refractivity contribution in [2.24, 2.45) is 29.6 Å². The monoisotopic (exact) mass is 581 g/mol. The summed E-state index contributed by atoms with van der Waals surface area (Å²) in [5, 5.41) is 26.7. The van der Waals surface area contributed by atoms with Crippen LogP contribution in [0.2, 0.25) is 0 Å².